The lowest BCUT2D eigenvalue weighted by Gasteiger charge is -2.28. The van der Waals surface area contributed by atoms with Crippen LogP contribution in [-0.4, -0.2) is 37.7 Å². The summed E-state index contributed by atoms with van der Waals surface area (Å²) in [5, 5.41) is 8.45. The monoisotopic (exact) mass is 631 g/mol. The predicted octanol–water partition coefficient (Wildman–Crippen LogP) is 5.58. The number of hydrogen-bond donors (Lipinski definition) is 1. The van der Waals surface area contributed by atoms with Gasteiger partial charge in [-0.2, -0.15) is 0 Å². The minimum Gasteiger partial charge on any atom is -0.465 e. The fourth-order valence-electron chi connectivity index (χ4n) is 5.23. The Bertz CT molecular complexity index is 1720. The molecule has 2 aromatic carbocycles. The number of aromatic nitrogens is 2. The summed E-state index contributed by atoms with van der Waals surface area (Å²) in [4.78, 5) is 11.5. The number of esters is 1. The molecule has 1 fully saturated rings. The zero-order valence-electron chi connectivity index (χ0n) is 20.3. The molecule has 0 radical (unpaired) electrons. The number of allylic oxidation sites excluding steroid dienone is 6. The molecule has 2 heterocycles. The predicted molar refractivity (Wildman–Crippen MR) is 144 cm³/mol. The van der Waals surface area contributed by atoms with Gasteiger partial charge in [0.05, 0.1) is 28.6 Å². The van der Waals surface area contributed by atoms with Gasteiger partial charge in [0, 0.05) is 27.2 Å². The Hall–Kier alpha value is -3.28. The second kappa shape index (κ2) is 9.42. The third kappa shape index (κ3) is 4.06. The van der Waals surface area contributed by atoms with Crippen LogP contribution >= 0.6 is 27.5 Å². The molecule has 1 saturated heterocycles. The maximum absolute atomic E-state index is 17.5. The first-order valence-corrected chi connectivity index (χ1v) is 14.6. The number of methoxy groups -OCH3 is 1. The van der Waals surface area contributed by atoms with E-state index >= 15 is 4.39 Å². The van der Waals surface area contributed by atoms with Crippen LogP contribution in [0.5, 0.6) is 0 Å². The highest BCUT2D eigenvalue weighted by Crippen LogP contribution is 2.51. The van der Waals surface area contributed by atoms with Crippen LogP contribution < -0.4 is 5.32 Å². The molecule has 200 valence electrons. The second-order valence-corrected chi connectivity index (χ2v) is 12.8. The molecule has 3 atom stereocenters. The molecule has 3 aromatic rings. The second-order valence-electron chi connectivity index (χ2n) is 9.42. The van der Waals surface area contributed by atoms with Gasteiger partial charge in [-0.1, -0.05) is 45.7 Å². The van der Waals surface area contributed by atoms with Crippen molar-refractivity contribution in [3.8, 4) is 11.5 Å². The molecule has 1 aliphatic heterocycles. The molecule has 2 bridgehead atoms. The van der Waals surface area contributed by atoms with Gasteiger partial charge in [-0.3, -0.25) is 0 Å². The lowest BCUT2D eigenvalue weighted by Crippen LogP contribution is -2.47. The van der Waals surface area contributed by atoms with E-state index in [9.17, 15) is 13.2 Å². The standard InChI is InChI=1S/C27H20BrClFN3O5S/c1-37-25(34)15-7-5-14(6-8-15)24-32-33-26(38-24)27(30,39(35,36)19-4-2-3-18(28)13-19)21-12-17-11-16-9-10-20(22(16)29)23(17)31-21/h2-10,13,17,21,31H,11-12H2,1H3. The summed E-state index contributed by atoms with van der Waals surface area (Å²) in [6, 6.07) is 10.6. The Kier molecular flexibility index (Phi) is 6.28. The average Bonchev–Trinajstić information content (AvgIpc) is 3.66. The largest absolute Gasteiger partial charge is 0.465 e. The van der Waals surface area contributed by atoms with E-state index in [-0.39, 0.29) is 23.1 Å². The van der Waals surface area contributed by atoms with Crippen molar-refractivity contribution in [2.24, 2.45) is 5.92 Å². The van der Waals surface area contributed by atoms with Gasteiger partial charge in [0.1, 0.15) is 0 Å². The highest BCUT2D eigenvalue weighted by molar-refractivity contribution is 9.10. The van der Waals surface area contributed by atoms with Crippen LogP contribution in [0.1, 0.15) is 29.1 Å². The molecule has 12 heteroatoms. The summed E-state index contributed by atoms with van der Waals surface area (Å²) in [6.07, 6.45) is 4.51. The summed E-state index contributed by atoms with van der Waals surface area (Å²) in [6.45, 7) is 0. The first-order valence-electron chi connectivity index (χ1n) is 11.9. The van der Waals surface area contributed by atoms with Gasteiger partial charge in [-0.25, -0.2) is 17.6 Å². The third-order valence-corrected chi connectivity index (χ3v) is 10.3. The van der Waals surface area contributed by atoms with E-state index in [2.05, 4.69) is 31.4 Å². The molecule has 3 unspecified atom stereocenters. The smallest absolute Gasteiger partial charge is 0.337 e. The van der Waals surface area contributed by atoms with Gasteiger partial charge < -0.3 is 14.5 Å². The van der Waals surface area contributed by atoms with E-state index in [1.54, 1.807) is 6.07 Å². The molecule has 0 amide bonds. The topological polar surface area (TPSA) is 111 Å². The number of halogens is 3. The van der Waals surface area contributed by atoms with Crippen molar-refractivity contribution in [3.63, 3.8) is 0 Å². The minimum atomic E-state index is -4.72. The molecular formula is C27H20BrClFN3O5S. The number of fused-ring (bicyclic) bond motifs is 2. The summed E-state index contributed by atoms with van der Waals surface area (Å²) < 4.78 is 56.5. The molecule has 0 spiro atoms. The number of carbonyl (C=O) groups is 1. The quantitative estimate of drug-likeness (QED) is 0.351. The van der Waals surface area contributed by atoms with Crippen LogP contribution in [0.15, 0.2) is 96.3 Å². The van der Waals surface area contributed by atoms with Crippen molar-refractivity contribution < 1.29 is 26.8 Å². The highest BCUT2D eigenvalue weighted by atomic mass is 79.9. The lowest BCUT2D eigenvalue weighted by atomic mass is 9.89. The normalized spacial score (nSPS) is 21.5. The number of sulfone groups is 1. The number of nitrogens with one attached hydrogen (secondary N) is 1. The number of ether oxygens (including phenoxy) is 1. The fraction of sp³-hybridized carbons (Fsp3) is 0.222. The van der Waals surface area contributed by atoms with Crippen LogP contribution in [0.3, 0.4) is 0 Å². The number of rotatable bonds is 6. The first-order chi connectivity index (χ1) is 18.6. The van der Waals surface area contributed by atoms with Crippen molar-refractivity contribution in [1.29, 1.82) is 0 Å². The molecule has 1 aromatic heterocycles. The molecular weight excluding hydrogens is 613 g/mol. The Balaban J connectivity index is 1.44. The minimum absolute atomic E-state index is 0.0979. The van der Waals surface area contributed by atoms with Crippen LogP contribution in [0.4, 0.5) is 4.39 Å². The van der Waals surface area contributed by atoms with Crippen molar-refractivity contribution in [2.75, 3.05) is 7.11 Å². The fourth-order valence-corrected chi connectivity index (χ4v) is 7.81. The van der Waals surface area contributed by atoms with Gasteiger partial charge in [0.25, 0.3) is 5.89 Å². The van der Waals surface area contributed by atoms with E-state index in [4.69, 9.17) is 20.8 Å². The number of nitrogens with zero attached hydrogens (tertiary/aromatic N) is 2. The zero-order valence-corrected chi connectivity index (χ0v) is 23.5. The Morgan fingerprint density at radius 1 is 1.21 bits per heavy atom. The van der Waals surface area contributed by atoms with E-state index < -0.39 is 32.7 Å². The maximum Gasteiger partial charge on any atom is 0.337 e. The van der Waals surface area contributed by atoms with E-state index in [1.165, 1.54) is 49.6 Å². The van der Waals surface area contributed by atoms with Gasteiger partial charge in [0.2, 0.25) is 15.7 Å². The Labute approximate surface area is 236 Å². The van der Waals surface area contributed by atoms with Gasteiger partial charge >= 0.3 is 11.0 Å². The summed E-state index contributed by atoms with van der Waals surface area (Å²) in [5.74, 6) is -1.46. The summed E-state index contributed by atoms with van der Waals surface area (Å²) in [5.41, 5.74) is 3.05. The third-order valence-electron chi connectivity index (χ3n) is 7.20. The van der Waals surface area contributed by atoms with Gasteiger partial charge in [-0.15, -0.1) is 10.2 Å². The van der Waals surface area contributed by atoms with E-state index in [1.807, 2.05) is 12.2 Å². The molecule has 8 nitrogen and oxygen atoms in total. The van der Waals surface area contributed by atoms with Crippen molar-refractivity contribution in [3.05, 3.63) is 98.5 Å². The van der Waals surface area contributed by atoms with E-state index in [0.717, 1.165) is 11.1 Å². The molecule has 0 saturated carbocycles. The number of hydrogen-bond acceptors (Lipinski definition) is 8. The Morgan fingerprint density at radius 2 is 1.97 bits per heavy atom. The molecule has 3 aliphatic rings. The summed E-state index contributed by atoms with van der Waals surface area (Å²) >= 11 is 9.75. The lowest BCUT2D eigenvalue weighted by molar-refractivity contribution is 0.0600. The molecule has 2 aliphatic carbocycles. The van der Waals surface area contributed by atoms with Crippen LogP contribution in [-0.2, 0) is 19.6 Å². The van der Waals surface area contributed by atoms with Crippen LogP contribution in [0.2, 0.25) is 0 Å². The number of benzene rings is 2. The average molecular weight is 633 g/mol. The highest BCUT2D eigenvalue weighted by Gasteiger charge is 2.61. The van der Waals surface area contributed by atoms with Crippen LogP contribution in [0.25, 0.3) is 11.5 Å². The van der Waals surface area contributed by atoms with Crippen molar-refractivity contribution in [2.45, 2.75) is 28.8 Å². The Morgan fingerprint density at radius 3 is 2.69 bits per heavy atom. The number of alkyl halides is 1. The molecule has 1 N–H and O–H groups in total. The number of carbonyl (C=O) groups excluding carboxylic acids is 1. The summed E-state index contributed by atoms with van der Waals surface area (Å²) in [7, 11) is -3.46. The molecule has 6 rings (SSSR count). The zero-order chi connectivity index (χ0) is 27.5. The maximum atomic E-state index is 17.5. The SMILES string of the molecule is COC(=O)c1ccc(-c2nnc(C(F)(C3CC4CC5=C(Cl)C(=C4N3)C=C5)S(=O)(=O)c3cccc(Br)c3)o2)cc1. The molecule has 39 heavy (non-hydrogen) atoms. The van der Waals surface area contributed by atoms with Crippen molar-refractivity contribution >= 4 is 43.3 Å². The van der Waals surface area contributed by atoms with Crippen molar-refractivity contribution in [1.82, 2.24) is 15.5 Å². The van der Waals surface area contributed by atoms with Gasteiger partial charge in [0.15, 0.2) is 0 Å². The van der Waals surface area contributed by atoms with Gasteiger partial charge in [-0.05, 0) is 60.9 Å². The van der Waals surface area contributed by atoms with Crippen LogP contribution in [0, 0.1) is 5.92 Å². The first kappa shape index (κ1) is 26.0. The van der Waals surface area contributed by atoms with E-state index in [0.29, 0.717) is 32.7 Å².